The molecule has 2 aliphatic heterocycles. The number of rotatable bonds is 3. The summed E-state index contributed by atoms with van der Waals surface area (Å²) < 4.78 is 1.66. The highest BCUT2D eigenvalue weighted by molar-refractivity contribution is 9.10. The number of amides is 2. The molecule has 5 nitrogen and oxygen atoms in total. The van der Waals surface area contributed by atoms with Gasteiger partial charge in [0.25, 0.3) is 5.91 Å². The van der Waals surface area contributed by atoms with E-state index in [4.69, 9.17) is 16.4 Å². The zero-order valence-corrected chi connectivity index (χ0v) is 19.8. The second kappa shape index (κ2) is 8.06. The van der Waals surface area contributed by atoms with Crippen molar-refractivity contribution in [2.45, 2.75) is 12.1 Å². The van der Waals surface area contributed by atoms with E-state index in [1.54, 1.807) is 35.4 Å². The van der Waals surface area contributed by atoms with Gasteiger partial charge in [0.05, 0.1) is 17.4 Å². The topological polar surface area (TPSA) is 49.9 Å². The first-order valence-electron chi connectivity index (χ1n) is 9.54. The van der Waals surface area contributed by atoms with Crippen molar-refractivity contribution in [3.05, 3.63) is 92.3 Å². The van der Waals surface area contributed by atoms with Gasteiger partial charge in [0.1, 0.15) is 5.92 Å². The third-order valence-corrected chi connectivity index (χ3v) is 6.69. The van der Waals surface area contributed by atoms with E-state index in [2.05, 4.69) is 31.9 Å². The summed E-state index contributed by atoms with van der Waals surface area (Å²) in [6, 6.07) is 21.5. The molecule has 0 spiro atoms. The van der Waals surface area contributed by atoms with Gasteiger partial charge in [-0.25, -0.2) is 9.96 Å². The van der Waals surface area contributed by atoms with Gasteiger partial charge in [0.2, 0.25) is 5.91 Å². The van der Waals surface area contributed by atoms with E-state index >= 15 is 0 Å². The maximum Gasteiger partial charge on any atom is 0.266 e. The Bertz CT molecular complexity index is 1190. The summed E-state index contributed by atoms with van der Waals surface area (Å²) in [6.07, 6.45) is -0.911. The van der Waals surface area contributed by atoms with Crippen LogP contribution in [0.5, 0.6) is 0 Å². The van der Waals surface area contributed by atoms with Gasteiger partial charge < -0.3 is 0 Å². The monoisotopic (exact) mass is 560 g/mol. The first-order chi connectivity index (χ1) is 14.9. The SMILES string of the molecule is O=C1C2ON(c3cccc(Br)c3)C(c3ccc(Cl)cc3)C2C(=O)N1c1cccc(Br)c1. The summed E-state index contributed by atoms with van der Waals surface area (Å²) >= 11 is 13.0. The summed E-state index contributed by atoms with van der Waals surface area (Å²) in [7, 11) is 0. The fourth-order valence-corrected chi connectivity index (χ4v) is 5.02. The predicted molar refractivity (Wildman–Crippen MR) is 126 cm³/mol. The van der Waals surface area contributed by atoms with Gasteiger partial charge in [-0.2, -0.15) is 0 Å². The molecule has 5 rings (SSSR count). The number of hydrogen-bond donors (Lipinski definition) is 0. The van der Waals surface area contributed by atoms with Crippen LogP contribution < -0.4 is 9.96 Å². The molecule has 8 heteroatoms. The van der Waals surface area contributed by atoms with Gasteiger partial charge in [-0.05, 0) is 54.1 Å². The smallest absolute Gasteiger partial charge is 0.266 e. The van der Waals surface area contributed by atoms with Crippen molar-refractivity contribution in [2.75, 3.05) is 9.96 Å². The Morgan fingerprint density at radius 2 is 1.42 bits per heavy atom. The number of nitrogens with zero attached hydrogens (tertiary/aromatic N) is 2. The molecule has 0 bridgehead atoms. The van der Waals surface area contributed by atoms with Crippen molar-refractivity contribution in [3.8, 4) is 0 Å². The Morgan fingerprint density at radius 1 is 0.806 bits per heavy atom. The summed E-state index contributed by atoms with van der Waals surface area (Å²) in [6.45, 7) is 0. The third kappa shape index (κ3) is 3.59. The standard InChI is InChI=1S/C23H15Br2ClN2O3/c24-14-3-1-5-17(11-14)27-22(29)19-20(13-7-9-16(26)10-8-13)28(31-21(19)23(27)30)18-6-2-4-15(25)12-18/h1-12,19-21H. The van der Waals surface area contributed by atoms with Crippen LogP contribution >= 0.6 is 43.5 Å². The van der Waals surface area contributed by atoms with E-state index in [-0.39, 0.29) is 11.8 Å². The molecular weight excluding hydrogens is 548 g/mol. The quantitative estimate of drug-likeness (QED) is 0.372. The zero-order valence-electron chi connectivity index (χ0n) is 15.9. The number of halogens is 3. The van der Waals surface area contributed by atoms with Crippen LogP contribution in [0.1, 0.15) is 11.6 Å². The van der Waals surface area contributed by atoms with Crippen LogP contribution in [0.2, 0.25) is 5.02 Å². The normalized spacial score (nSPS) is 22.9. The van der Waals surface area contributed by atoms with E-state index in [1.807, 2.05) is 42.5 Å². The van der Waals surface area contributed by atoms with E-state index < -0.39 is 18.1 Å². The highest BCUT2D eigenvalue weighted by Gasteiger charge is 2.60. The maximum absolute atomic E-state index is 13.6. The molecule has 156 valence electrons. The first-order valence-corrected chi connectivity index (χ1v) is 11.5. The number of carbonyl (C=O) groups is 2. The minimum Gasteiger partial charge on any atom is -0.273 e. The van der Waals surface area contributed by atoms with E-state index in [0.717, 1.165) is 20.2 Å². The second-order valence-corrected chi connectivity index (χ2v) is 9.61. The van der Waals surface area contributed by atoms with Gasteiger partial charge >= 0.3 is 0 Å². The Morgan fingerprint density at radius 3 is 2.06 bits per heavy atom. The largest absolute Gasteiger partial charge is 0.273 e. The first kappa shape index (κ1) is 20.7. The average molecular weight is 563 g/mol. The van der Waals surface area contributed by atoms with Crippen LogP contribution in [0.15, 0.2) is 81.7 Å². The van der Waals surface area contributed by atoms with E-state index in [0.29, 0.717) is 10.7 Å². The molecule has 3 atom stereocenters. The van der Waals surface area contributed by atoms with Gasteiger partial charge in [-0.3, -0.25) is 14.4 Å². The highest BCUT2D eigenvalue weighted by Crippen LogP contribution is 2.48. The molecule has 0 saturated carbocycles. The molecule has 2 amide bonds. The number of anilines is 2. The lowest BCUT2D eigenvalue weighted by Crippen LogP contribution is -2.37. The minimum absolute atomic E-state index is 0.287. The van der Waals surface area contributed by atoms with Crippen molar-refractivity contribution in [2.24, 2.45) is 5.92 Å². The van der Waals surface area contributed by atoms with Gasteiger partial charge in [0, 0.05) is 14.0 Å². The number of fused-ring (bicyclic) bond motifs is 1. The van der Waals surface area contributed by atoms with Gasteiger partial charge in [0.15, 0.2) is 6.10 Å². The Hall–Kier alpha value is -2.19. The molecule has 3 aromatic carbocycles. The zero-order chi connectivity index (χ0) is 21.7. The summed E-state index contributed by atoms with van der Waals surface area (Å²) in [4.78, 5) is 34.2. The number of hydroxylamine groups is 1. The Balaban J connectivity index is 1.60. The minimum atomic E-state index is -0.911. The third-order valence-electron chi connectivity index (χ3n) is 5.46. The van der Waals surface area contributed by atoms with Crippen molar-refractivity contribution >= 4 is 66.6 Å². The van der Waals surface area contributed by atoms with Crippen molar-refractivity contribution in [1.29, 1.82) is 0 Å². The van der Waals surface area contributed by atoms with Crippen LogP contribution in [0.25, 0.3) is 0 Å². The Labute approximate surface area is 200 Å². The second-order valence-electron chi connectivity index (χ2n) is 7.35. The molecule has 2 aliphatic rings. The highest BCUT2D eigenvalue weighted by atomic mass is 79.9. The number of imide groups is 1. The fraction of sp³-hybridized carbons (Fsp3) is 0.130. The summed E-state index contributed by atoms with van der Waals surface area (Å²) in [5.41, 5.74) is 2.11. The van der Waals surface area contributed by atoms with Gasteiger partial charge in [-0.15, -0.1) is 0 Å². The molecule has 0 aromatic heterocycles. The van der Waals surface area contributed by atoms with Crippen LogP contribution in [-0.2, 0) is 14.4 Å². The van der Waals surface area contributed by atoms with Crippen molar-refractivity contribution in [3.63, 3.8) is 0 Å². The molecule has 2 saturated heterocycles. The Kier molecular flexibility index (Phi) is 5.38. The predicted octanol–water partition coefficient (Wildman–Crippen LogP) is 5.92. The fourth-order valence-electron chi connectivity index (χ4n) is 4.12. The summed E-state index contributed by atoms with van der Waals surface area (Å²) in [5, 5.41) is 2.26. The molecule has 3 unspecified atom stereocenters. The lowest BCUT2D eigenvalue weighted by Gasteiger charge is -2.29. The lowest BCUT2D eigenvalue weighted by molar-refractivity contribution is -0.126. The maximum atomic E-state index is 13.6. The molecule has 3 aromatic rings. The molecule has 0 aliphatic carbocycles. The van der Waals surface area contributed by atoms with Crippen LogP contribution in [0, 0.1) is 5.92 Å². The molecule has 2 heterocycles. The number of carbonyl (C=O) groups excluding carboxylic acids is 2. The van der Waals surface area contributed by atoms with E-state index in [1.165, 1.54) is 4.90 Å². The van der Waals surface area contributed by atoms with Crippen LogP contribution in [0.4, 0.5) is 11.4 Å². The van der Waals surface area contributed by atoms with Crippen LogP contribution in [-0.4, -0.2) is 17.9 Å². The van der Waals surface area contributed by atoms with Gasteiger partial charge in [-0.1, -0.05) is 67.7 Å². The van der Waals surface area contributed by atoms with Crippen molar-refractivity contribution < 1.29 is 14.4 Å². The number of benzene rings is 3. The average Bonchev–Trinajstić information content (AvgIpc) is 3.25. The number of hydrogen-bond acceptors (Lipinski definition) is 4. The molecule has 2 fully saturated rings. The summed E-state index contributed by atoms with van der Waals surface area (Å²) in [5.74, 6) is -1.35. The molecule has 31 heavy (non-hydrogen) atoms. The molecule has 0 N–H and O–H groups in total. The lowest BCUT2D eigenvalue weighted by atomic mass is 9.90. The van der Waals surface area contributed by atoms with Crippen LogP contribution in [0.3, 0.4) is 0 Å². The van der Waals surface area contributed by atoms with Crippen molar-refractivity contribution in [1.82, 2.24) is 0 Å². The molecule has 0 radical (unpaired) electrons. The molecular formula is C23H15Br2ClN2O3. The van der Waals surface area contributed by atoms with E-state index in [9.17, 15) is 9.59 Å².